The van der Waals surface area contributed by atoms with E-state index in [0.29, 0.717) is 9.13 Å². The van der Waals surface area contributed by atoms with Crippen LogP contribution in [0.3, 0.4) is 0 Å². The number of phenolic OH excluding ortho intramolecular Hbond substituents is 1. The lowest BCUT2D eigenvalue weighted by Gasteiger charge is -2.03. The molecule has 2 N–H and O–H groups in total. The highest BCUT2D eigenvalue weighted by Crippen LogP contribution is 2.27. The average Bonchev–Trinajstić information content (AvgIpc) is 2.43. The van der Waals surface area contributed by atoms with Gasteiger partial charge in [-0.25, -0.2) is 9.82 Å². The fraction of sp³-hybridized carbons (Fsp3) is 0. The minimum Gasteiger partial charge on any atom is -0.506 e. The molecule has 0 atom stereocenters. The summed E-state index contributed by atoms with van der Waals surface area (Å²) < 4.78 is 14.4. The number of phenols is 1. The summed E-state index contributed by atoms with van der Waals surface area (Å²) >= 11 is 5.29. The Kier molecular flexibility index (Phi) is 5.29. The average molecular weight is 463 g/mol. The SMILES string of the molecule is O=C(NN=Cc1cc(Br)cc(I)c1O)c1cccc(F)c1. The Morgan fingerprint density at radius 1 is 1.38 bits per heavy atom. The van der Waals surface area contributed by atoms with Gasteiger partial charge in [-0.1, -0.05) is 22.0 Å². The molecule has 0 unspecified atom stereocenters. The van der Waals surface area contributed by atoms with Crippen molar-refractivity contribution in [1.29, 1.82) is 0 Å². The van der Waals surface area contributed by atoms with Crippen LogP contribution in [0.25, 0.3) is 0 Å². The third-order valence-corrected chi connectivity index (χ3v) is 3.79. The number of carbonyl (C=O) groups is 1. The first-order valence-corrected chi connectivity index (χ1v) is 7.61. The summed E-state index contributed by atoms with van der Waals surface area (Å²) in [5.41, 5.74) is 2.89. The van der Waals surface area contributed by atoms with E-state index in [1.807, 2.05) is 22.6 Å². The summed E-state index contributed by atoms with van der Waals surface area (Å²) in [5.74, 6) is -0.955. The minimum absolute atomic E-state index is 0.0718. The number of nitrogens with zero attached hydrogens (tertiary/aromatic N) is 1. The molecule has 0 saturated heterocycles. The van der Waals surface area contributed by atoms with E-state index in [1.165, 1.54) is 24.4 Å². The Balaban J connectivity index is 2.11. The molecule has 0 radical (unpaired) electrons. The Labute approximate surface area is 142 Å². The van der Waals surface area contributed by atoms with E-state index in [4.69, 9.17) is 0 Å². The van der Waals surface area contributed by atoms with Crippen molar-refractivity contribution in [2.75, 3.05) is 0 Å². The topological polar surface area (TPSA) is 61.7 Å². The van der Waals surface area contributed by atoms with Crippen molar-refractivity contribution in [3.8, 4) is 5.75 Å². The van der Waals surface area contributed by atoms with Gasteiger partial charge in [0.2, 0.25) is 0 Å². The molecule has 2 aromatic carbocycles. The number of nitrogens with one attached hydrogen (secondary N) is 1. The Morgan fingerprint density at radius 2 is 2.14 bits per heavy atom. The third kappa shape index (κ3) is 4.24. The van der Waals surface area contributed by atoms with E-state index in [0.717, 1.165) is 10.5 Å². The molecule has 0 saturated carbocycles. The lowest BCUT2D eigenvalue weighted by molar-refractivity contribution is 0.0954. The molecule has 0 spiro atoms. The standard InChI is InChI=1S/C14H9BrFIN2O2/c15-10-4-9(13(20)12(17)6-10)7-18-19-14(21)8-2-1-3-11(16)5-8/h1-7,20H,(H,19,21). The van der Waals surface area contributed by atoms with Crippen molar-refractivity contribution in [3.63, 3.8) is 0 Å². The van der Waals surface area contributed by atoms with Gasteiger partial charge in [0.25, 0.3) is 5.91 Å². The van der Waals surface area contributed by atoms with Gasteiger partial charge in [0.05, 0.1) is 9.78 Å². The molecule has 1 amide bonds. The Morgan fingerprint density at radius 3 is 2.86 bits per heavy atom. The molecule has 2 aromatic rings. The van der Waals surface area contributed by atoms with Gasteiger partial charge >= 0.3 is 0 Å². The molecule has 0 heterocycles. The number of amides is 1. The van der Waals surface area contributed by atoms with E-state index in [1.54, 1.807) is 12.1 Å². The lowest BCUT2D eigenvalue weighted by Crippen LogP contribution is -2.17. The second-order valence-electron chi connectivity index (χ2n) is 4.03. The van der Waals surface area contributed by atoms with E-state index >= 15 is 0 Å². The predicted octanol–water partition coefficient (Wildman–Crippen LogP) is 3.66. The summed E-state index contributed by atoms with van der Waals surface area (Å²) in [4.78, 5) is 11.7. The summed E-state index contributed by atoms with van der Waals surface area (Å²) in [6.07, 6.45) is 1.32. The molecule has 0 bridgehead atoms. The molecular formula is C14H9BrFIN2O2. The zero-order valence-electron chi connectivity index (χ0n) is 10.5. The van der Waals surface area contributed by atoms with Crippen molar-refractivity contribution < 1.29 is 14.3 Å². The zero-order chi connectivity index (χ0) is 15.4. The monoisotopic (exact) mass is 462 g/mol. The largest absolute Gasteiger partial charge is 0.506 e. The fourth-order valence-electron chi connectivity index (χ4n) is 1.54. The molecular weight excluding hydrogens is 454 g/mol. The summed E-state index contributed by atoms with van der Waals surface area (Å²) in [5, 5.41) is 13.6. The molecule has 0 fully saturated rings. The van der Waals surface area contributed by atoms with Gasteiger partial charge in [0.1, 0.15) is 11.6 Å². The molecule has 4 nitrogen and oxygen atoms in total. The van der Waals surface area contributed by atoms with Gasteiger partial charge < -0.3 is 5.11 Å². The van der Waals surface area contributed by atoms with Gasteiger partial charge in [-0.2, -0.15) is 5.10 Å². The highest BCUT2D eigenvalue weighted by atomic mass is 127. The number of halogens is 3. The quantitative estimate of drug-likeness (QED) is 0.415. The summed E-state index contributed by atoms with van der Waals surface area (Å²) in [6.45, 7) is 0. The third-order valence-electron chi connectivity index (χ3n) is 2.51. The van der Waals surface area contributed by atoms with Crippen LogP contribution < -0.4 is 5.43 Å². The second kappa shape index (κ2) is 6.99. The normalized spacial score (nSPS) is 10.8. The molecule has 0 aliphatic rings. The van der Waals surface area contributed by atoms with Crippen LogP contribution in [0.4, 0.5) is 4.39 Å². The Hall–Kier alpha value is -1.48. The first kappa shape index (κ1) is 15.9. The van der Waals surface area contributed by atoms with Gasteiger partial charge in [-0.3, -0.25) is 4.79 Å². The van der Waals surface area contributed by atoms with Crippen LogP contribution >= 0.6 is 38.5 Å². The maximum absolute atomic E-state index is 13.0. The summed E-state index contributed by atoms with van der Waals surface area (Å²) in [7, 11) is 0. The smallest absolute Gasteiger partial charge is 0.271 e. The van der Waals surface area contributed by atoms with Crippen LogP contribution in [0.15, 0.2) is 46.0 Å². The van der Waals surface area contributed by atoms with E-state index in [2.05, 4.69) is 26.5 Å². The number of hydrogen-bond acceptors (Lipinski definition) is 3. The number of hydrogen-bond donors (Lipinski definition) is 2. The van der Waals surface area contributed by atoms with Gasteiger partial charge in [0, 0.05) is 15.6 Å². The second-order valence-corrected chi connectivity index (χ2v) is 6.11. The van der Waals surface area contributed by atoms with Crippen molar-refractivity contribution in [2.45, 2.75) is 0 Å². The van der Waals surface area contributed by atoms with E-state index in [9.17, 15) is 14.3 Å². The van der Waals surface area contributed by atoms with Crippen LogP contribution in [-0.4, -0.2) is 17.2 Å². The van der Waals surface area contributed by atoms with Crippen LogP contribution in [0, 0.1) is 9.39 Å². The molecule has 21 heavy (non-hydrogen) atoms. The van der Waals surface area contributed by atoms with Crippen molar-refractivity contribution in [2.24, 2.45) is 5.10 Å². The fourth-order valence-corrected chi connectivity index (χ4v) is 3.09. The highest BCUT2D eigenvalue weighted by Gasteiger charge is 2.07. The van der Waals surface area contributed by atoms with Crippen LogP contribution in [0.2, 0.25) is 0 Å². The predicted molar refractivity (Wildman–Crippen MR) is 90.0 cm³/mol. The van der Waals surface area contributed by atoms with Crippen molar-refractivity contribution in [1.82, 2.24) is 5.43 Å². The van der Waals surface area contributed by atoms with E-state index < -0.39 is 11.7 Å². The van der Waals surface area contributed by atoms with Crippen molar-refractivity contribution in [3.05, 3.63) is 61.4 Å². The van der Waals surface area contributed by atoms with Gasteiger partial charge in [-0.05, 0) is 52.9 Å². The number of rotatable bonds is 3. The van der Waals surface area contributed by atoms with Crippen LogP contribution in [0.1, 0.15) is 15.9 Å². The number of benzene rings is 2. The maximum Gasteiger partial charge on any atom is 0.271 e. The lowest BCUT2D eigenvalue weighted by atomic mass is 10.2. The molecule has 0 aliphatic carbocycles. The maximum atomic E-state index is 13.0. The highest BCUT2D eigenvalue weighted by molar-refractivity contribution is 14.1. The van der Waals surface area contributed by atoms with Crippen LogP contribution in [-0.2, 0) is 0 Å². The zero-order valence-corrected chi connectivity index (χ0v) is 14.2. The number of aromatic hydroxyl groups is 1. The first-order valence-electron chi connectivity index (χ1n) is 5.74. The van der Waals surface area contributed by atoms with Gasteiger partial charge in [-0.15, -0.1) is 0 Å². The molecule has 0 aliphatic heterocycles. The molecule has 2 rings (SSSR count). The van der Waals surface area contributed by atoms with Crippen LogP contribution in [0.5, 0.6) is 5.75 Å². The first-order chi connectivity index (χ1) is 9.97. The number of hydrazone groups is 1. The van der Waals surface area contributed by atoms with E-state index in [-0.39, 0.29) is 11.3 Å². The summed E-state index contributed by atoms with van der Waals surface area (Å²) in [6, 6.07) is 8.70. The number of carbonyl (C=O) groups excluding carboxylic acids is 1. The van der Waals surface area contributed by atoms with Gasteiger partial charge in [0.15, 0.2) is 0 Å². The molecule has 108 valence electrons. The Bertz CT molecular complexity index is 722. The minimum atomic E-state index is -0.532. The molecule has 0 aromatic heterocycles. The van der Waals surface area contributed by atoms with Crippen molar-refractivity contribution >= 4 is 50.6 Å². The molecule has 7 heteroatoms.